The number of rotatable bonds is 5. The van der Waals surface area contributed by atoms with E-state index in [-0.39, 0.29) is 24.4 Å². The lowest BCUT2D eigenvalue weighted by Crippen LogP contribution is -2.32. The topological polar surface area (TPSA) is 53.3 Å². The predicted octanol–water partition coefficient (Wildman–Crippen LogP) is 4.47. The van der Waals surface area contributed by atoms with E-state index in [9.17, 15) is 18.3 Å². The molecule has 2 N–H and O–H groups in total. The number of nitrogens with zero attached hydrogens (tertiary/aromatic N) is 3. The van der Waals surface area contributed by atoms with Crippen LogP contribution in [0.15, 0.2) is 54.7 Å². The molecule has 2 aromatic heterocycles. The lowest BCUT2D eigenvalue weighted by molar-refractivity contribution is -0.137. The van der Waals surface area contributed by atoms with Gasteiger partial charge in [0.2, 0.25) is 0 Å². The van der Waals surface area contributed by atoms with Crippen LogP contribution in [0.2, 0.25) is 0 Å². The summed E-state index contributed by atoms with van der Waals surface area (Å²) in [6, 6.07) is 12.4. The number of para-hydroxylation sites is 1. The SMILES string of the molecule is Cc1cc([C@@H]2[C@@H](c3ccccn3)NC(=S)N2CCO)c(C)n1-c1ccccc1C(F)(F)F. The Morgan fingerprint density at radius 2 is 1.84 bits per heavy atom. The number of halogens is 3. The fourth-order valence-corrected chi connectivity index (χ4v) is 4.79. The number of nitrogens with one attached hydrogen (secondary N) is 1. The molecule has 1 saturated heterocycles. The Bertz CT molecular complexity index is 1130. The second-order valence-electron chi connectivity index (χ2n) is 7.72. The summed E-state index contributed by atoms with van der Waals surface area (Å²) < 4.78 is 42.8. The molecule has 2 atom stereocenters. The van der Waals surface area contributed by atoms with E-state index in [1.807, 2.05) is 36.1 Å². The van der Waals surface area contributed by atoms with Crippen LogP contribution in [0.5, 0.6) is 0 Å². The van der Waals surface area contributed by atoms with Gasteiger partial charge in [-0.2, -0.15) is 13.2 Å². The van der Waals surface area contributed by atoms with Crippen molar-refractivity contribution in [3.8, 4) is 5.69 Å². The zero-order valence-corrected chi connectivity index (χ0v) is 18.4. The highest BCUT2D eigenvalue weighted by Crippen LogP contribution is 2.42. The van der Waals surface area contributed by atoms with Gasteiger partial charge in [0.05, 0.1) is 35.6 Å². The highest BCUT2D eigenvalue weighted by atomic mass is 32.1. The van der Waals surface area contributed by atoms with Crippen molar-refractivity contribution >= 4 is 17.3 Å². The van der Waals surface area contributed by atoms with E-state index in [1.165, 1.54) is 12.1 Å². The molecule has 4 rings (SSSR count). The number of alkyl halides is 3. The summed E-state index contributed by atoms with van der Waals surface area (Å²) in [4.78, 5) is 6.33. The van der Waals surface area contributed by atoms with E-state index in [0.29, 0.717) is 23.0 Å². The number of hydrogen-bond acceptors (Lipinski definition) is 3. The van der Waals surface area contributed by atoms with E-state index in [1.54, 1.807) is 23.8 Å². The first-order valence-electron chi connectivity index (χ1n) is 10.2. The molecule has 32 heavy (non-hydrogen) atoms. The fourth-order valence-electron chi connectivity index (χ4n) is 4.46. The first-order valence-corrected chi connectivity index (χ1v) is 10.6. The minimum atomic E-state index is -4.48. The number of pyridine rings is 1. The lowest BCUT2D eigenvalue weighted by atomic mass is 9.97. The first-order chi connectivity index (χ1) is 15.2. The van der Waals surface area contributed by atoms with Crippen molar-refractivity contribution in [1.29, 1.82) is 0 Å². The monoisotopic (exact) mass is 460 g/mol. The number of aliphatic hydroxyl groups is 1. The minimum absolute atomic E-state index is 0.0814. The molecule has 0 spiro atoms. The molecule has 5 nitrogen and oxygen atoms in total. The summed E-state index contributed by atoms with van der Waals surface area (Å²) >= 11 is 5.53. The molecule has 0 radical (unpaired) electrons. The van der Waals surface area contributed by atoms with E-state index in [0.717, 1.165) is 17.3 Å². The van der Waals surface area contributed by atoms with E-state index >= 15 is 0 Å². The average molecular weight is 461 g/mol. The van der Waals surface area contributed by atoms with Crippen molar-refractivity contribution < 1.29 is 18.3 Å². The smallest absolute Gasteiger partial charge is 0.395 e. The molecule has 1 aliphatic rings. The molecule has 0 aliphatic carbocycles. The molecule has 168 valence electrons. The van der Waals surface area contributed by atoms with Crippen molar-refractivity contribution in [3.05, 3.63) is 82.9 Å². The van der Waals surface area contributed by atoms with Crippen LogP contribution in [0, 0.1) is 13.8 Å². The van der Waals surface area contributed by atoms with Crippen LogP contribution in [-0.2, 0) is 6.18 Å². The highest BCUT2D eigenvalue weighted by molar-refractivity contribution is 7.80. The van der Waals surface area contributed by atoms with Gasteiger partial charge in [0, 0.05) is 24.1 Å². The number of benzene rings is 1. The molecule has 1 aliphatic heterocycles. The van der Waals surface area contributed by atoms with Crippen LogP contribution in [0.1, 0.15) is 40.3 Å². The van der Waals surface area contributed by atoms with Gasteiger partial charge in [0.1, 0.15) is 0 Å². The third-order valence-corrected chi connectivity index (χ3v) is 6.13. The van der Waals surface area contributed by atoms with Gasteiger partial charge in [-0.1, -0.05) is 18.2 Å². The maximum atomic E-state index is 13.7. The summed E-state index contributed by atoms with van der Waals surface area (Å²) in [7, 11) is 0. The Labute approximate surface area is 189 Å². The van der Waals surface area contributed by atoms with Crippen LogP contribution in [0.3, 0.4) is 0 Å². The average Bonchev–Trinajstić information content (AvgIpc) is 3.24. The molecule has 1 fully saturated rings. The quantitative estimate of drug-likeness (QED) is 0.550. The Kier molecular flexibility index (Phi) is 5.96. The Balaban J connectivity index is 1.87. The molecular formula is C23H23F3N4OS. The second-order valence-corrected chi connectivity index (χ2v) is 8.11. The molecular weight excluding hydrogens is 437 g/mol. The zero-order chi connectivity index (χ0) is 23.0. The van der Waals surface area contributed by atoms with Gasteiger partial charge in [-0.15, -0.1) is 0 Å². The van der Waals surface area contributed by atoms with Crippen LogP contribution in [0.4, 0.5) is 13.2 Å². The number of β-amino-alcohol motifs (C(OH)–C–C–N with tert-alkyl or cyclic N) is 1. The fraction of sp³-hybridized carbons (Fsp3) is 0.304. The molecule has 1 aromatic carbocycles. The standard InChI is InChI=1S/C23H23F3N4OS/c1-14-13-16(15(2)30(14)19-9-4-3-7-17(19)23(24,25)26)21-20(18-8-5-6-10-27-18)28-22(32)29(21)11-12-31/h3-10,13,20-21,31H,11-12H2,1-2H3,(H,28,32)/t20-,21-/m1/s1. The van der Waals surface area contributed by atoms with Gasteiger partial charge in [-0.3, -0.25) is 4.98 Å². The van der Waals surface area contributed by atoms with Crippen LogP contribution in [0.25, 0.3) is 5.69 Å². The summed E-state index contributed by atoms with van der Waals surface area (Å²) in [5, 5.41) is 13.4. The number of thiocarbonyl (C=S) groups is 1. The normalized spacial score (nSPS) is 18.8. The predicted molar refractivity (Wildman–Crippen MR) is 119 cm³/mol. The number of hydrogen-bond donors (Lipinski definition) is 2. The van der Waals surface area contributed by atoms with Gasteiger partial charge >= 0.3 is 6.18 Å². The third-order valence-electron chi connectivity index (χ3n) is 5.78. The lowest BCUT2D eigenvalue weighted by Gasteiger charge is -2.27. The van der Waals surface area contributed by atoms with Gasteiger partial charge < -0.3 is 19.9 Å². The van der Waals surface area contributed by atoms with Gasteiger partial charge in [0.25, 0.3) is 0 Å². The van der Waals surface area contributed by atoms with E-state index in [4.69, 9.17) is 12.2 Å². The molecule has 9 heteroatoms. The Morgan fingerprint density at radius 3 is 2.50 bits per heavy atom. The maximum absolute atomic E-state index is 13.7. The van der Waals surface area contributed by atoms with Gasteiger partial charge in [0.15, 0.2) is 5.11 Å². The summed E-state index contributed by atoms with van der Waals surface area (Å²) in [5.74, 6) is 0. The molecule has 0 amide bonds. The van der Waals surface area contributed by atoms with Crippen LogP contribution in [-0.4, -0.2) is 37.8 Å². The van der Waals surface area contributed by atoms with Crippen LogP contribution >= 0.6 is 12.2 Å². The molecule has 0 unspecified atom stereocenters. The zero-order valence-electron chi connectivity index (χ0n) is 17.6. The van der Waals surface area contributed by atoms with E-state index < -0.39 is 11.7 Å². The maximum Gasteiger partial charge on any atom is 0.418 e. The van der Waals surface area contributed by atoms with Crippen molar-refractivity contribution in [2.24, 2.45) is 0 Å². The van der Waals surface area contributed by atoms with Crippen molar-refractivity contribution in [2.45, 2.75) is 32.1 Å². The summed E-state index contributed by atoms with van der Waals surface area (Å²) in [6.07, 6.45) is -2.79. The van der Waals surface area contributed by atoms with Gasteiger partial charge in [-0.25, -0.2) is 0 Å². The summed E-state index contributed by atoms with van der Waals surface area (Å²) in [5.41, 5.74) is 2.34. The number of aromatic nitrogens is 2. The molecule has 0 saturated carbocycles. The Morgan fingerprint density at radius 1 is 1.12 bits per heavy atom. The number of aliphatic hydroxyl groups excluding tert-OH is 1. The molecule has 3 aromatic rings. The van der Waals surface area contributed by atoms with E-state index in [2.05, 4.69) is 10.3 Å². The van der Waals surface area contributed by atoms with Crippen molar-refractivity contribution in [3.63, 3.8) is 0 Å². The number of aryl methyl sites for hydroxylation is 1. The van der Waals surface area contributed by atoms with Gasteiger partial charge in [-0.05, 0) is 62.0 Å². The Hall–Kier alpha value is -2.91. The minimum Gasteiger partial charge on any atom is -0.395 e. The largest absolute Gasteiger partial charge is 0.418 e. The molecule has 0 bridgehead atoms. The second kappa shape index (κ2) is 8.55. The molecule has 3 heterocycles. The van der Waals surface area contributed by atoms with Crippen molar-refractivity contribution in [1.82, 2.24) is 19.8 Å². The highest BCUT2D eigenvalue weighted by Gasteiger charge is 2.41. The third kappa shape index (κ3) is 3.86. The summed E-state index contributed by atoms with van der Waals surface area (Å²) in [6.45, 7) is 3.78. The first kappa shape index (κ1) is 22.3. The van der Waals surface area contributed by atoms with Crippen LogP contribution < -0.4 is 5.32 Å². The van der Waals surface area contributed by atoms with Crippen molar-refractivity contribution in [2.75, 3.05) is 13.2 Å².